The van der Waals surface area contributed by atoms with Crippen molar-refractivity contribution in [1.82, 2.24) is 15.5 Å². The van der Waals surface area contributed by atoms with Crippen LogP contribution in [0.4, 0.5) is 0 Å². The largest absolute Gasteiger partial charge is 0.356 e. The van der Waals surface area contributed by atoms with Gasteiger partial charge in [0.15, 0.2) is 5.96 Å². The molecular formula is C18H37IN4. The molecule has 1 saturated heterocycles. The Kier molecular flexibility index (Phi) is 9.82. The van der Waals surface area contributed by atoms with Crippen molar-refractivity contribution < 1.29 is 0 Å². The first-order valence-electron chi connectivity index (χ1n) is 9.30. The Morgan fingerprint density at radius 1 is 1.17 bits per heavy atom. The van der Waals surface area contributed by atoms with Gasteiger partial charge in [-0.1, -0.05) is 19.8 Å². The molecule has 1 saturated carbocycles. The highest BCUT2D eigenvalue weighted by Crippen LogP contribution is 2.40. The van der Waals surface area contributed by atoms with Gasteiger partial charge >= 0.3 is 0 Å². The lowest BCUT2D eigenvalue weighted by atomic mass is 9.83. The smallest absolute Gasteiger partial charge is 0.190 e. The minimum atomic E-state index is 0. The SMILES string of the molecule is CCC1(CNC(=NC)NCCC2CCN(C)CC2)CCCC1.I. The normalized spacial score (nSPS) is 22.7. The van der Waals surface area contributed by atoms with Gasteiger partial charge in [-0.05, 0) is 70.0 Å². The number of rotatable bonds is 6. The fraction of sp³-hybridized carbons (Fsp3) is 0.944. The van der Waals surface area contributed by atoms with Crippen molar-refractivity contribution in [3.8, 4) is 0 Å². The molecule has 1 aliphatic heterocycles. The number of piperidine rings is 1. The zero-order valence-corrected chi connectivity index (χ0v) is 17.7. The second kappa shape index (κ2) is 10.7. The highest BCUT2D eigenvalue weighted by molar-refractivity contribution is 14.0. The first-order chi connectivity index (χ1) is 10.7. The van der Waals surface area contributed by atoms with Gasteiger partial charge in [-0.3, -0.25) is 4.99 Å². The van der Waals surface area contributed by atoms with Crippen molar-refractivity contribution in [2.24, 2.45) is 16.3 Å². The molecule has 0 aromatic rings. The Morgan fingerprint density at radius 2 is 1.83 bits per heavy atom. The second-order valence-corrected chi connectivity index (χ2v) is 7.45. The lowest BCUT2D eigenvalue weighted by molar-refractivity contribution is 0.213. The number of nitrogens with one attached hydrogen (secondary N) is 2. The molecule has 0 amide bonds. The van der Waals surface area contributed by atoms with Gasteiger partial charge in [0.05, 0.1) is 0 Å². The number of likely N-dealkylation sites (tertiary alicyclic amines) is 1. The molecule has 4 nitrogen and oxygen atoms in total. The van der Waals surface area contributed by atoms with Crippen LogP contribution in [-0.4, -0.2) is 51.1 Å². The minimum Gasteiger partial charge on any atom is -0.356 e. The van der Waals surface area contributed by atoms with E-state index in [1.54, 1.807) is 0 Å². The van der Waals surface area contributed by atoms with Crippen LogP contribution < -0.4 is 10.6 Å². The fourth-order valence-corrected chi connectivity index (χ4v) is 4.02. The van der Waals surface area contributed by atoms with E-state index < -0.39 is 0 Å². The van der Waals surface area contributed by atoms with Crippen LogP contribution in [0.1, 0.15) is 58.3 Å². The van der Waals surface area contributed by atoms with Crippen molar-refractivity contribution in [3.63, 3.8) is 0 Å². The second-order valence-electron chi connectivity index (χ2n) is 7.45. The van der Waals surface area contributed by atoms with E-state index in [0.29, 0.717) is 5.41 Å². The molecule has 136 valence electrons. The molecule has 0 unspecified atom stereocenters. The van der Waals surface area contributed by atoms with Gasteiger partial charge in [-0.15, -0.1) is 24.0 Å². The summed E-state index contributed by atoms with van der Waals surface area (Å²) >= 11 is 0. The molecule has 23 heavy (non-hydrogen) atoms. The third-order valence-corrected chi connectivity index (χ3v) is 5.95. The van der Waals surface area contributed by atoms with Gasteiger partial charge in [0, 0.05) is 20.1 Å². The molecular weight excluding hydrogens is 399 g/mol. The summed E-state index contributed by atoms with van der Waals surface area (Å²) < 4.78 is 0. The topological polar surface area (TPSA) is 39.7 Å². The summed E-state index contributed by atoms with van der Waals surface area (Å²) in [6.07, 6.45) is 10.8. The summed E-state index contributed by atoms with van der Waals surface area (Å²) in [5.74, 6) is 1.88. The van der Waals surface area contributed by atoms with Gasteiger partial charge in [0.1, 0.15) is 0 Å². The van der Waals surface area contributed by atoms with Crippen LogP contribution in [0.3, 0.4) is 0 Å². The van der Waals surface area contributed by atoms with Crippen LogP contribution in [0.15, 0.2) is 4.99 Å². The first-order valence-corrected chi connectivity index (χ1v) is 9.30. The number of halogens is 1. The molecule has 1 heterocycles. The lowest BCUT2D eigenvalue weighted by Gasteiger charge is -2.30. The predicted octanol–water partition coefficient (Wildman–Crippen LogP) is 3.47. The average molecular weight is 436 g/mol. The lowest BCUT2D eigenvalue weighted by Crippen LogP contribution is -2.43. The van der Waals surface area contributed by atoms with E-state index >= 15 is 0 Å². The molecule has 0 bridgehead atoms. The Hall–Kier alpha value is -0.0400. The third kappa shape index (κ3) is 6.77. The summed E-state index contributed by atoms with van der Waals surface area (Å²) in [5, 5.41) is 7.10. The average Bonchev–Trinajstić information content (AvgIpc) is 3.02. The van der Waals surface area contributed by atoms with Crippen LogP contribution in [-0.2, 0) is 0 Å². The third-order valence-electron chi connectivity index (χ3n) is 5.95. The number of aliphatic imine (C=N–C) groups is 1. The van der Waals surface area contributed by atoms with E-state index in [2.05, 4.69) is 34.5 Å². The van der Waals surface area contributed by atoms with E-state index in [1.807, 2.05) is 7.05 Å². The number of guanidine groups is 1. The van der Waals surface area contributed by atoms with E-state index in [9.17, 15) is 0 Å². The molecule has 5 heteroatoms. The maximum Gasteiger partial charge on any atom is 0.190 e. The van der Waals surface area contributed by atoms with Crippen molar-refractivity contribution in [2.75, 3.05) is 40.3 Å². The van der Waals surface area contributed by atoms with Crippen molar-refractivity contribution in [2.45, 2.75) is 58.3 Å². The predicted molar refractivity (Wildman–Crippen MR) is 111 cm³/mol. The fourth-order valence-electron chi connectivity index (χ4n) is 4.02. The molecule has 0 atom stereocenters. The maximum atomic E-state index is 4.40. The molecule has 1 aliphatic carbocycles. The van der Waals surface area contributed by atoms with E-state index in [4.69, 9.17) is 0 Å². The molecule has 0 aromatic carbocycles. The summed E-state index contributed by atoms with van der Waals surface area (Å²) in [4.78, 5) is 6.84. The molecule has 2 N–H and O–H groups in total. The van der Waals surface area contributed by atoms with Crippen molar-refractivity contribution >= 4 is 29.9 Å². The van der Waals surface area contributed by atoms with Gasteiger partial charge in [0.2, 0.25) is 0 Å². The zero-order chi connectivity index (χ0) is 15.8. The van der Waals surface area contributed by atoms with Crippen molar-refractivity contribution in [3.05, 3.63) is 0 Å². The standard InChI is InChI=1S/C18H36N4.HI/c1-4-18(10-5-6-11-18)15-21-17(19-2)20-12-7-16-8-13-22(3)14-9-16;/h16H,4-15H2,1-3H3,(H2,19,20,21);1H. The Bertz CT molecular complexity index is 345. The molecule has 2 rings (SSSR count). The summed E-state index contributed by atoms with van der Waals surface area (Å²) in [7, 11) is 4.12. The quantitative estimate of drug-likeness (QED) is 0.381. The van der Waals surface area contributed by atoms with Gasteiger partial charge in [-0.2, -0.15) is 0 Å². The van der Waals surface area contributed by atoms with E-state index in [1.165, 1.54) is 64.5 Å². The zero-order valence-electron chi connectivity index (χ0n) is 15.4. The Balaban J connectivity index is 0.00000264. The van der Waals surface area contributed by atoms with E-state index in [0.717, 1.165) is 25.0 Å². The number of hydrogen-bond donors (Lipinski definition) is 2. The van der Waals surface area contributed by atoms with E-state index in [-0.39, 0.29) is 24.0 Å². The molecule has 0 radical (unpaired) electrons. The summed E-state index contributed by atoms with van der Waals surface area (Å²) in [6.45, 7) is 6.99. The Labute approximate surface area is 160 Å². The van der Waals surface area contributed by atoms with Crippen LogP contribution >= 0.6 is 24.0 Å². The molecule has 0 spiro atoms. The van der Waals surface area contributed by atoms with Crippen LogP contribution in [0, 0.1) is 11.3 Å². The maximum absolute atomic E-state index is 4.40. The van der Waals surface area contributed by atoms with Crippen LogP contribution in [0.5, 0.6) is 0 Å². The van der Waals surface area contributed by atoms with Crippen LogP contribution in [0.25, 0.3) is 0 Å². The number of nitrogens with zero attached hydrogens (tertiary/aromatic N) is 2. The summed E-state index contributed by atoms with van der Waals surface area (Å²) in [5.41, 5.74) is 0.519. The molecule has 0 aromatic heterocycles. The van der Waals surface area contributed by atoms with Crippen LogP contribution in [0.2, 0.25) is 0 Å². The highest BCUT2D eigenvalue weighted by atomic mass is 127. The highest BCUT2D eigenvalue weighted by Gasteiger charge is 2.31. The number of hydrogen-bond acceptors (Lipinski definition) is 2. The first kappa shape index (κ1) is 21.0. The van der Waals surface area contributed by atoms with Gasteiger partial charge in [-0.25, -0.2) is 0 Å². The molecule has 2 fully saturated rings. The Morgan fingerprint density at radius 3 is 2.39 bits per heavy atom. The summed E-state index contributed by atoms with van der Waals surface area (Å²) in [6, 6.07) is 0. The molecule has 2 aliphatic rings. The van der Waals surface area contributed by atoms with Crippen molar-refractivity contribution in [1.29, 1.82) is 0 Å². The van der Waals surface area contributed by atoms with Gasteiger partial charge < -0.3 is 15.5 Å². The monoisotopic (exact) mass is 436 g/mol. The van der Waals surface area contributed by atoms with Gasteiger partial charge in [0.25, 0.3) is 0 Å². The minimum absolute atomic E-state index is 0.